The minimum atomic E-state index is 0.785. The lowest BCUT2D eigenvalue weighted by Gasteiger charge is -2.08. The number of unbranched alkanes of at least 4 members (excludes halogenated alkanes) is 1. The normalized spacial score (nSPS) is 11.0. The van der Waals surface area contributed by atoms with E-state index in [4.69, 9.17) is 9.47 Å². The fourth-order valence-corrected chi connectivity index (χ4v) is 3.88. The van der Waals surface area contributed by atoms with E-state index in [1.165, 1.54) is 21.4 Å². The van der Waals surface area contributed by atoms with E-state index < -0.39 is 0 Å². The van der Waals surface area contributed by atoms with Gasteiger partial charge in [-0.2, -0.15) is 0 Å². The highest BCUT2D eigenvalue weighted by molar-refractivity contribution is 7.98. The first-order valence-corrected chi connectivity index (χ1v) is 10.1. The molecule has 0 saturated heterocycles. The smallest absolute Gasteiger partial charge is 0.119 e. The van der Waals surface area contributed by atoms with Gasteiger partial charge in [0.2, 0.25) is 0 Å². The second kappa shape index (κ2) is 9.04. The lowest BCUT2D eigenvalue weighted by Crippen LogP contribution is -1.96. The highest BCUT2D eigenvalue weighted by atomic mass is 32.2. The molecule has 0 aliphatic heterocycles. The summed E-state index contributed by atoms with van der Waals surface area (Å²) in [5.74, 6) is 1.85. The molecule has 0 aliphatic carbocycles. The monoisotopic (exact) mass is 369 g/mol. The Kier molecular flexibility index (Phi) is 6.51. The van der Waals surface area contributed by atoms with Gasteiger partial charge in [0.05, 0.1) is 19.2 Å². The molecular weight excluding hydrogens is 342 g/mol. The predicted octanol–water partition coefficient (Wildman–Crippen LogP) is 6.34. The zero-order chi connectivity index (χ0) is 18.4. The molecule has 0 saturated carbocycles. The van der Waals surface area contributed by atoms with E-state index in [0.717, 1.165) is 43.8 Å². The molecule has 2 aromatic carbocycles. The van der Waals surface area contributed by atoms with Gasteiger partial charge in [0.15, 0.2) is 0 Å². The van der Waals surface area contributed by atoms with Crippen LogP contribution in [0.2, 0.25) is 0 Å². The maximum atomic E-state index is 5.75. The molecular formula is C22H27NO2S. The number of hydrogen-bond acceptors (Lipinski definition) is 3. The van der Waals surface area contributed by atoms with Gasteiger partial charge < -0.3 is 9.47 Å². The summed E-state index contributed by atoms with van der Waals surface area (Å²) in [6.45, 7) is 5.17. The number of methoxy groups -OCH3 is 1. The van der Waals surface area contributed by atoms with Crippen LogP contribution in [0.5, 0.6) is 11.5 Å². The van der Waals surface area contributed by atoms with Gasteiger partial charge in [-0.3, -0.25) is 3.97 Å². The number of ether oxygens (including phenoxy) is 2. The number of nitrogens with zero attached hydrogens (tertiary/aromatic N) is 1. The zero-order valence-corrected chi connectivity index (χ0v) is 16.6. The van der Waals surface area contributed by atoms with Gasteiger partial charge in [0.1, 0.15) is 11.5 Å². The minimum Gasteiger partial charge on any atom is -0.497 e. The Balaban J connectivity index is 1.81. The summed E-state index contributed by atoms with van der Waals surface area (Å²) in [6.07, 6.45) is 6.70. The summed E-state index contributed by atoms with van der Waals surface area (Å²) < 4.78 is 13.4. The molecule has 0 spiro atoms. The van der Waals surface area contributed by atoms with Gasteiger partial charge in [-0.15, -0.1) is 0 Å². The average molecular weight is 370 g/mol. The SMILES string of the molecule is CCCCOc1ccc(Sn2cc(CCC)c3cc(OC)ccc32)cc1. The zero-order valence-electron chi connectivity index (χ0n) is 15.8. The Labute approximate surface area is 160 Å². The van der Waals surface area contributed by atoms with Crippen LogP contribution < -0.4 is 9.47 Å². The first kappa shape index (κ1) is 18.7. The van der Waals surface area contributed by atoms with Crippen molar-refractivity contribution in [2.75, 3.05) is 13.7 Å². The fraction of sp³-hybridized carbons (Fsp3) is 0.364. The van der Waals surface area contributed by atoms with E-state index in [1.54, 1.807) is 19.1 Å². The summed E-state index contributed by atoms with van der Waals surface area (Å²) in [6, 6.07) is 14.7. The number of fused-ring (bicyclic) bond motifs is 1. The molecule has 3 nitrogen and oxygen atoms in total. The van der Waals surface area contributed by atoms with Crippen LogP contribution in [0, 0.1) is 0 Å². The van der Waals surface area contributed by atoms with Crippen molar-refractivity contribution in [3.05, 3.63) is 54.2 Å². The molecule has 0 aliphatic rings. The van der Waals surface area contributed by atoms with Crippen LogP contribution in [0.1, 0.15) is 38.7 Å². The quantitative estimate of drug-likeness (QED) is 0.411. The molecule has 0 fully saturated rings. The second-order valence-corrected chi connectivity index (χ2v) is 7.43. The van der Waals surface area contributed by atoms with E-state index in [-0.39, 0.29) is 0 Å². The maximum Gasteiger partial charge on any atom is 0.119 e. The van der Waals surface area contributed by atoms with Gasteiger partial charge in [-0.1, -0.05) is 26.7 Å². The van der Waals surface area contributed by atoms with Crippen molar-refractivity contribution in [1.29, 1.82) is 0 Å². The van der Waals surface area contributed by atoms with Crippen molar-refractivity contribution in [3.63, 3.8) is 0 Å². The Morgan fingerprint density at radius 1 is 0.962 bits per heavy atom. The van der Waals surface area contributed by atoms with Crippen molar-refractivity contribution in [2.45, 2.75) is 44.4 Å². The van der Waals surface area contributed by atoms with Crippen molar-refractivity contribution < 1.29 is 9.47 Å². The van der Waals surface area contributed by atoms with Crippen LogP contribution in [0.25, 0.3) is 10.9 Å². The largest absolute Gasteiger partial charge is 0.497 e. The highest BCUT2D eigenvalue weighted by Gasteiger charge is 2.10. The number of aryl methyl sites for hydroxylation is 1. The molecule has 0 unspecified atom stereocenters. The molecule has 1 aromatic heterocycles. The molecule has 3 rings (SSSR count). The topological polar surface area (TPSA) is 23.4 Å². The van der Waals surface area contributed by atoms with Crippen molar-refractivity contribution in [3.8, 4) is 11.5 Å². The standard InChI is InChI=1S/C22H27NO2S/c1-4-6-14-25-18-8-11-20(12-9-18)26-23-16-17(7-5-2)21-15-19(24-3)10-13-22(21)23/h8-13,15-16H,4-7,14H2,1-3H3. The molecule has 26 heavy (non-hydrogen) atoms. The number of hydrogen-bond donors (Lipinski definition) is 0. The molecule has 0 radical (unpaired) electrons. The second-order valence-electron chi connectivity index (χ2n) is 6.38. The van der Waals surface area contributed by atoms with Crippen LogP contribution in [-0.4, -0.2) is 17.7 Å². The van der Waals surface area contributed by atoms with E-state index in [1.807, 2.05) is 6.07 Å². The number of aromatic nitrogens is 1. The summed E-state index contributed by atoms with van der Waals surface area (Å²) in [7, 11) is 1.72. The molecule has 1 heterocycles. The predicted molar refractivity (Wildman–Crippen MR) is 111 cm³/mol. The molecule has 4 heteroatoms. The third kappa shape index (κ3) is 4.36. The number of rotatable bonds is 9. The van der Waals surface area contributed by atoms with E-state index >= 15 is 0 Å². The van der Waals surface area contributed by atoms with Crippen LogP contribution >= 0.6 is 11.9 Å². The van der Waals surface area contributed by atoms with Gasteiger partial charge in [-0.05, 0) is 72.8 Å². The van der Waals surface area contributed by atoms with Gasteiger partial charge in [-0.25, -0.2) is 0 Å². The van der Waals surface area contributed by atoms with E-state index in [2.05, 4.69) is 60.4 Å². The average Bonchev–Trinajstić information content (AvgIpc) is 3.00. The third-order valence-electron chi connectivity index (χ3n) is 4.37. The Morgan fingerprint density at radius 2 is 1.73 bits per heavy atom. The first-order valence-electron chi connectivity index (χ1n) is 9.34. The van der Waals surface area contributed by atoms with E-state index in [0.29, 0.717) is 0 Å². The van der Waals surface area contributed by atoms with Crippen LogP contribution in [0.4, 0.5) is 0 Å². The van der Waals surface area contributed by atoms with E-state index in [9.17, 15) is 0 Å². The molecule has 138 valence electrons. The third-order valence-corrected chi connectivity index (χ3v) is 5.36. The minimum absolute atomic E-state index is 0.785. The Hall–Kier alpha value is -2.07. The summed E-state index contributed by atoms with van der Waals surface area (Å²) in [5, 5.41) is 1.28. The summed E-state index contributed by atoms with van der Waals surface area (Å²) in [5.41, 5.74) is 2.59. The van der Waals surface area contributed by atoms with Gasteiger partial charge in [0, 0.05) is 16.5 Å². The Morgan fingerprint density at radius 3 is 2.42 bits per heavy atom. The van der Waals surface area contributed by atoms with Crippen LogP contribution in [0.3, 0.4) is 0 Å². The van der Waals surface area contributed by atoms with Crippen LogP contribution in [-0.2, 0) is 6.42 Å². The van der Waals surface area contributed by atoms with Crippen molar-refractivity contribution in [2.24, 2.45) is 0 Å². The molecule has 0 atom stereocenters. The van der Waals surface area contributed by atoms with Crippen LogP contribution in [0.15, 0.2) is 53.6 Å². The highest BCUT2D eigenvalue weighted by Crippen LogP contribution is 2.33. The van der Waals surface area contributed by atoms with Gasteiger partial charge in [0.25, 0.3) is 0 Å². The summed E-state index contributed by atoms with van der Waals surface area (Å²) >= 11 is 1.73. The fourth-order valence-electron chi connectivity index (χ4n) is 2.96. The maximum absolute atomic E-state index is 5.75. The lowest BCUT2D eigenvalue weighted by atomic mass is 10.1. The van der Waals surface area contributed by atoms with Gasteiger partial charge >= 0.3 is 0 Å². The molecule has 0 amide bonds. The lowest BCUT2D eigenvalue weighted by molar-refractivity contribution is 0.309. The Bertz CT molecular complexity index is 839. The molecule has 3 aromatic rings. The molecule has 0 bridgehead atoms. The van der Waals surface area contributed by atoms with Crippen molar-refractivity contribution in [1.82, 2.24) is 3.97 Å². The summed E-state index contributed by atoms with van der Waals surface area (Å²) in [4.78, 5) is 1.20. The first-order chi connectivity index (χ1) is 12.7. The molecule has 0 N–H and O–H groups in total. The van der Waals surface area contributed by atoms with Crippen molar-refractivity contribution >= 4 is 22.9 Å². The number of benzene rings is 2.